The van der Waals surface area contributed by atoms with Gasteiger partial charge in [0.1, 0.15) is 0 Å². The van der Waals surface area contributed by atoms with E-state index < -0.39 is 0 Å². The van der Waals surface area contributed by atoms with Crippen LogP contribution in [-0.4, -0.2) is 37.1 Å². The van der Waals surface area contributed by atoms with Crippen molar-refractivity contribution < 1.29 is 9.53 Å². The minimum absolute atomic E-state index is 0. The number of methoxy groups -OCH3 is 1. The number of fused-ring (bicyclic) bond motifs is 1. The van der Waals surface area contributed by atoms with E-state index in [9.17, 15) is 4.79 Å². The highest BCUT2D eigenvalue weighted by atomic mass is 35.5. The lowest BCUT2D eigenvalue weighted by atomic mass is 10.1. The SMILES string of the molecule is COC(CN)CC(=O)N1CCc2sccc2C1.Cl. The summed E-state index contributed by atoms with van der Waals surface area (Å²) in [6, 6.07) is 2.11. The zero-order valence-corrected chi connectivity index (χ0v) is 12.1. The number of rotatable bonds is 4. The first-order chi connectivity index (χ1) is 8.24. The van der Waals surface area contributed by atoms with Gasteiger partial charge in [0.15, 0.2) is 0 Å². The van der Waals surface area contributed by atoms with Crippen LogP contribution in [0.2, 0.25) is 0 Å². The average molecular weight is 291 g/mol. The van der Waals surface area contributed by atoms with E-state index in [-0.39, 0.29) is 24.4 Å². The Bertz CT molecular complexity index is 393. The van der Waals surface area contributed by atoms with Crippen molar-refractivity contribution in [3.05, 3.63) is 21.9 Å². The molecular formula is C12H19ClN2O2S. The maximum atomic E-state index is 12.1. The molecule has 0 spiro atoms. The molecule has 2 N–H and O–H groups in total. The fraction of sp³-hybridized carbons (Fsp3) is 0.583. The minimum Gasteiger partial charge on any atom is -0.380 e. The molecule has 0 fully saturated rings. The Labute approximate surface area is 118 Å². The topological polar surface area (TPSA) is 55.6 Å². The largest absolute Gasteiger partial charge is 0.380 e. The monoisotopic (exact) mass is 290 g/mol. The fourth-order valence-corrected chi connectivity index (χ4v) is 2.94. The van der Waals surface area contributed by atoms with E-state index in [1.807, 2.05) is 4.90 Å². The Hall–Kier alpha value is -0.620. The van der Waals surface area contributed by atoms with Gasteiger partial charge >= 0.3 is 0 Å². The Balaban J connectivity index is 0.00000162. The standard InChI is InChI=1S/C12H18N2O2S.ClH/c1-16-10(7-13)6-12(15)14-4-2-11-9(8-14)3-5-17-11;/h3,5,10H,2,4,6-8,13H2,1H3;1H. The third-order valence-electron chi connectivity index (χ3n) is 3.16. The number of hydrogen-bond donors (Lipinski definition) is 1. The lowest BCUT2D eigenvalue weighted by Crippen LogP contribution is -2.38. The Morgan fingerprint density at radius 1 is 1.67 bits per heavy atom. The molecule has 2 heterocycles. The normalized spacial score (nSPS) is 15.8. The number of carbonyl (C=O) groups excluding carboxylic acids is 1. The molecule has 0 aliphatic carbocycles. The van der Waals surface area contributed by atoms with E-state index in [0.29, 0.717) is 13.0 Å². The van der Waals surface area contributed by atoms with Gasteiger partial charge in [-0.25, -0.2) is 0 Å². The van der Waals surface area contributed by atoms with Crippen LogP contribution in [0.5, 0.6) is 0 Å². The predicted molar refractivity (Wildman–Crippen MR) is 75.2 cm³/mol. The van der Waals surface area contributed by atoms with Gasteiger partial charge < -0.3 is 15.4 Å². The first kappa shape index (κ1) is 15.4. The maximum Gasteiger partial charge on any atom is 0.225 e. The quantitative estimate of drug-likeness (QED) is 0.912. The highest BCUT2D eigenvalue weighted by Gasteiger charge is 2.23. The predicted octanol–water partition coefficient (Wildman–Crippen LogP) is 1.42. The van der Waals surface area contributed by atoms with E-state index in [2.05, 4.69) is 11.4 Å². The van der Waals surface area contributed by atoms with Crippen molar-refractivity contribution >= 4 is 29.7 Å². The zero-order valence-electron chi connectivity index (χ0n) is 10.4. The minimum atomic E-state index is -0.161. The average Bonchev–Trinajstić information content (AvgIpc) is 2.82. The summed E-state index contributed by atoms with van der Waals surface area (Å²) in [6.45, 7) is 1.94. The molecular weight excluding hydrogens is 272 g/mol. The summed E-state index contributed by atoms with van der Waals surface area (Å²) in [5.74, 6) is 0.138. The second-order valence-corrected chi connectivity index (χ2v) is 5.23. The molecule has 18 heavy (non-hydrogen) atoms. The molecule has 6 heteroatoms. The highest BCUT2D eigenvalue weighted by molar-refractivity contribution is 7.10. The van der Waals surface area contributed by atoms with Crippen LogP contribution >= 0.6 is 23.7 Å². The molecule has 0 bridgehead atoms. The first-order valence-electron chi connectivity index (χ1n) is 5.80. The number of ether oxygens (including phenoxy) is 1. The van der Waals surface area contributed by atoms with Crippen LogP contribution in [0.1, 0.15) is 16.9 Å². The molecule has 2 rings (SSSR count). The van der Waals surface area contributed by atoms with Gasteiger partial charge in [-0.05, 0) is 23.4 Å². The molecule has 0 aromatic carbocycles. The highest BCUT2D eigenvalue weighted by Crippen LogP contribution is 2.24. The van der Waals surface area contributed by atoms with Crippen molar-refractivity contribution in [3.8, 4) is 0 Å². The van der Waals surface area contributed by atoms with Gasteiger partial charge in [0.25, 0.3) is 0 Å². The van der Waals surface area contributed by atoms with Gasteiger partial charge in [-0.2, -0.15) is 0 Å². The number of thiophene rings is 1. The fourth-order valence-electron chi connectivity index (χ4n) is 2.05. The lowest BCUT2D eigenvalue weighted by Gasteiger charge is -2.28. The van der Waals surface area contributed by atoms with Crippen LogP contribution < -0.4 is 5.73 Å². The van der Waals surface area contributed by atoms with E-state index in [1.54, 1.807) is 18.4 Å². The van der Waals surface area contributed by atoms with Crippen molar-refractivity contribution in [2.45, 2.75) is 25.5 Å². The number of hydrogen-bond acceptors (Lipinski definition) is 4. The molecule has 1 unspecified atom stereocenters. The number of carbonyl (C=O) groups is 1. The molecule has 0 saturated carbocycles. The molecule has 102 valence electrons. The summed E-state index contributed by atoms with van der Waals surface area (Å²) in [5, 5.41) is 2.09. The molecule has 1 aliphatic heterocycles. The van der Waals surface area contributed by atoms with Gasteiger partial charge in [-0.3, -0.25) is 4.79 Å². The van der Waals surface area contributed by atoms with E-state index in [4.69, 9.17) is 10.5 Å². The third kappa shape index (κ3) is 3.45. The Morgan fingerprint density at radius 2 is 2.44 bits per heavy atom. The van der Waals surface area contributed by atoms with Crippen LogP contribution in [0.15, 0.2) is 11.4 Å². The van der Waals surface area contributed by atoms with Gasteiger partial charge in [0.05, 0.1) is 12.5 Å². The first-order valence-corrected chi connectivity index (χ1v) is 6.68. The van der Waals surface area contributed by atoms with Gasteiger partial charge in [0, 0.05) is 31.6 Å². The third-order valence-corrected chi connectivity index (χ3v) is 4.18. The summed E-state index contributed by atoms with van der Waals surface area (Å²) in [6.07, 6.45) is 1.19. The molecule has 4 nitrogen and oxygen atoms in total. The lowest BCUT2D eigenvalue weighted by molar-refractivity contribution is -0.134. The number of halogens is 1. The molecule has 1 atom stereocenters. The molecule has 1 aromatic rings. The number of amides is 1. The smallest absolute Gasteiger partial charge is 0.225 e. The Kier molecular flexibility index (Phi) is 6.08. The molecule has 1 aliphatic rings. The van der Waals surface area contributed by atoms with E-state index in [1.165, 1.54) is 10.4 Å². The summed E-state index contributed by atoms with van der Waals surface area (Å²) in [5.41, 5.74) is 6.82. The summed E-state index contributed by atoms with van der Waals surface area (Å²) in [7, 11) is 1.60. The molecule has 0 radical (unpaired) electrons. The van der Waals surface area contributed by atoms with E-state index in [0.717, 1.165) is 19.5 Å². The van der Waals surface area contributed by atoms with Gasteiger partial charge in [-0.15, -0.1) is 23.7 Å². The summed E-state index contributed by atoms with van der Waals surface area (Å²) >= 11 is 1.78. The van der Waals surface area contributed by atoms with Crippen LogP contribution in [0.4, 0.5) is 0 Å². The van der Waals surface area contributed by atoms with Crippen molar-refractivity contribution in [3.63, 3.8) is 0 Å². The van der Waals surface area contributed by atoms with Crippen molar-refractivity contribution in [2.24, 2.45) is 5.73 Å². The summed E-state index contributed by atoms with van der Waals surface area (Å²) in [4.78, 5) is 15.4. The van der Waals surface area contributed by atoms with Crippen LogP contribution in [0, 0.1) is 0 Å². The maximum absolute atomic E-state index is 12.1. The van der Waals surface area contributed by atoms with Crippen LogP contribution in [0.3, 0.4) is 0 Å². The molecule has 0 saturated heterocycles. The van der Waals surface area contributed by atoms with E-state index >= 15 is 0 Å². The van der Waals surface area contributed by atoms with Crippen molar-refractivity contribution in [1.82, 2.24) is 4.90 Å². The van der Waals surface area contributed by atoms with Gasteiger partial charge in [0.2, 0.25) is 5.91 Å². The number of nitrogens with two attached hydrogens (primary N) is 1. The van der Waals surface area contributed by atoms with Crippen LogP contribution in [0.25, 0.3) is 0 Å². The van der Waals surface area contributed by atoms with Crippen LogP contribution in [-0.2, 0) is 22.5 Å². The van der Waals surface area contributed by atoms with Crippen molar-refractivity contribution in [1.29, 1.82) is 0 Å². The Morgan fingerprint density at radius 3 is 3.11 bits per heavy atom. The second-order valence-electron chi connectivity index (χ2n) is 4.23. The summed E-state index contributed by atoms with van der Waals surface area (Å²) < 4.78 is 5.14. The zero-order chi connectivity index (χ0) is 12.3. The molecule has 1 amide bonds. The molecule has 1 aromatic heterocycles. The number of nitrogens with zero attached hydrogens (tertiary/aromatic N) is 1. The van der Waals surface area contributed by atoms with Crippen molar-refractivity contribution in [2.75, 3.05) is 20.2 Å². The second kappa shape index (κ2) is 7.09. The van der Waals surface area contributed by atoms with Gasteiger partial charge in [-0.1, -0.05) is 0 Å².